The monoisotopic (exact) mass is 345 g/mol. The molecule has 0 fully saturated rings. The van der Waals surface area contributed by atoms with Gasteiger partial charge in [-0.2, -0.15) is 0 Å². The predicted molar refractivity (Wildman–Crippen MR) is 89.3 cm³/mol. The lowest BCUT2D eigenvalue weighted by Gasteiger charge is -2.26. The maximum Gasteiger partial charge on any atom is 0.295 e. The molecule has 0 saturated heterocycles. The van der Waals surface area contributed by atoms with Gasteiger partial charge in [0.05, 0.1) is 0 Å². The minimum atomic E-state index is -3.81. The number of amides is 1. The first-order valence-corrected chi connectivity index (χ1v) is 9.00. The summed E-state index contributed by atoms with van der Waals surface area (Å²) < 4.78 is 24.3. The Hall–Kier alpha value is -2.80. The number of aliphatic hydroxyl groups excluding tert-OH is 1. The number of nitrogens with zero attached hydrogens (tertiary/aromatic N) is 1. The fraction of sp³-hybridized carbons (Fsp3) is 0.118. The summed E-state index contributed by atoms with van der Waals surface area (Å²) in [6.07, 6.45) is 0.960. The Balaban J connectivity index is 2.22. The van der Waals surface area contributed by atoms with Crippen LogP contribution in [0.15, 0.2) is 65.3 Å². The van der Waals surface area contributed by atoms with Crippen LogP contribution in [0.3, 0.4) is 0 Å². The van der Waals surface area contributed by atoms with Gasteiger partial charge in [-0.05, 0) is 29.8 Å². The molecule has 1 aliphatic rings. The summed E-state index contributed by atoms with van der Waals surface area (Å²) in [5.74, 6) is -1.56. The van der Waals surface area contributed by atoms with Crippen LogP contribution in [0.1, 0.15) is 11.6 Å². The van der Waals surface area contributed by atoms with Gasteiger partial charge < -0.3 is 10.2 Å². The van der Waals surface area contributed by atoms with E-state index in [-0.39, 0.29) is 10.7 Å². The van der Waals surface area contributed by atoms with Crippen LogP contribution >= 0.6 is 0 Å². The van der Waals surface area contributed by atoms with Gasteiger partial charge in [0, 0.05) is 11.9 Å². The normalized spacial score (nSPS) is 18.3. The lowest BCUT2D eigenvalue weighted by atomic mass is 10.1. The maximum atomic E-state index is 12.5. The highest BCUT2D eigenvalue weighted by Gasteiger charge is 2.45. The van der Waals surface area contributed by atoms with Gasteiger partial charge in [0.25, 0.3) is 5.91 Å². The summed E-state index contributed by atoms with van der Waals surface area (Å²) in [7, 11) is -3.81. The van der Waals surface area contributed by atoms with Gasteiger partial charge in [-0.15, -0.1) is 0 Å². The van der Waals surface area contributed by atoms with E-state index >= 15 is 0 Å². The Labute approximate surface area is 139 Å². The second-order valence-corrected chi connectivity index (χ2v) is 7.47. The molecule has 2 N–H and O–H groups in total. The van der Waals surface area contributed by atoms with Crippen LogP contribution in [0.5, 0.6) is 5.75 Å². The van der Waals surface area contributed by atoms with Crippen LogP contribution in [0.2, 0.25) is 0 Å². The van der Waals surface area contributed by atoms with Crippen LogP contribution in [0.4, 0.5) is 5.69 Å². The lowest BCUT2D eigenvalue weighted by molar-refractivity contribution is -0.117. The maximum absolute atomic E-state index is 12.5. The molecule has 0 aromatic heterocycles. The third-order valence-electron chi connectivity index (χ3n) is 3.80. The molecule has 0 bridgehead atoms. The number of rotatable bonds is 3. The van der Waals surface area contributed by atoms with E-state index in [2.05, 4.69) is 0 Å². The number of aliphatic hydroxyl groups is 1. The topological polar surface area (TPSA) is 94.9 Å². The van der Waals surface area contributed by atoms with Crippen molar-refractivity contribution in [3.05, 3.63) is 70.8 Å². The minimum absolute atomic E-state index is 0.0159. The van der Waals surface area contributed by atoms with Gasteiger partial charge in [-0.3, -0.25) is 9.69 Å². The Morgan fingerprint density at radius 3 is 2.08 bits per heavy atom. The van der Waals surface area contributed by atoms with Crippen molar-refractivity contribution in [3.63, 3.8) is 0 Å². The zero-order valence-corrected chi connectivity index (χ0v) is 13.6. The van der Waals surface area contributed by atoms with Gasteiger partial charge in [-0.25, -0.2) is 8.42 Å². The molecule has 1 amide bonds. The lowest BCUT2D eigenvalue weighted by Crippen LogP contribution is -2.30. The molecule has 124 valence electrons. The predicted octanol–water partition coefficient (Wildman–Crippen LogP) is 2.29. The molecule has 2 aromatic rings. The number of benzene rings is 2. The molecule has 7 heteroatoms. The fourth-order valence-corrected chi connectivity index (χ4v) is 3.86. The smallest absolute Gasteiger partial charge is 0.295 e. The Kier molecular flexibility index (Phi) is 3.81. The molecular formula is C17H15NO5S. The van der Waals surface area contributed by atoms with Crippen LogP contribution in [-0.2, 0) is 14.6 Å². The highest BCUT2D eigenvalue weighted by atomic mass is 32.2. The van der Waals surface area contributed by atoms with E-state index in [1.165, 1.54) is 29.2 Å². The van der Waals surface area contributed by atoms with Gasteiger partial charge in [-0.1, -0.05) is 30.3 Å². The number of hydrogen-bond donors (Lipinski definition) is 2. The molecule has 0 saturated carbocycles. The van der Waals surface area contributed by atoms with Gasteiger partial charge >= 0.3 is 0 Å². The van der Waals surface area contributed by atoms with Crippen molar-refractivity contribution >= 4 is 21.4 Å². The summed E-state index contributed by atoms with van der Waals surface area (Å²) >= 11 is 0. The quantitative estimate of drug-likeness (QED) is 0.890. The van der Waals surface area contributed by atoms with Crippen LogP contribution in [-0.4, -0.2) is 30.8 Å². The highest BCUT2D eigenvalue weighted by Crippen LogP contribution is 2.42. The number of anilines is 1. The zero-order chi connectivity index (χ0) is 17.5. The SMILES string of the molecule is CS(=O)(=O)C1=C(O)C(=O)N(c2ccc(O)cc2)C1c1ccccc1. The molecule has 1 atom stereocenters. The van der Waals surface area contributed by atoms with Crippen molar-refractivity contribution in [1.82, 2.24) is 0 Å². The number of sulfone groups is 1. The average molecular weight is 345 g/mol. The molecule has 2 aromatic carbocycles. The minimum Gasteiger partial charge on any atom is -0.508 e. The Bertz CT molecular complexity index is 917. The molecule has 0 radical (unpaired) electrons. The zero-order valence-electron chi connectivity index (χ0n) is 12.7. The summed E-state index contributed by atoms with van der Waals surface area (Å²) in [5.41, 5.74) is 0.931. The summed E-state index contributed by atoms with van der Waals surface area (Å²) in [5, 5.41) is 19.6. The van der Waals surface area contributed by atoms with Crippen LogP contribution in [0, 0.1) is 0 Å². The molecule has 1 unspecified atom stereocenters. The summed E-state index contributed by atoms with van der Waals surface area (Å²) in [4.78, 5) is 13.4. The fourth-order valence-electron chi connectivity index (χ4n) is 2.78. The molecule has 6 nitrogen and oxygen atoms in total. The van der Waals surface area contributed by atoms with Crippen LogP contribution in [0.25, 0.3) is 0 Å². The first-order valence-electron chi connectivity index (χ1n) is 7.11. The highest BCUT2D eigenvalue weighted by molar-refractivity contribution is 7.94. The van der Waals surface area contributed by atoms with E-state index in [4.69, 9.17) is 0 Å². The molecule has 0 aliphatic carbocycles. The molecule has 3 rings (SSSR count). The Morgan fingerprint density at radius 1 is 0.958 bits per heavy atom. The molecule has 0 spiro atoms. The van der Waals surface area contributed by atoms with Crippen molar-refractivity contribution < 1.29 is 23.4 Å². The molecule has 1 aliphatic heterocycles. The van der Waals surface area contributed by atoms with E-state index in [0.717, 1.165) is 6.26 Å². The van der Waals surface area contributed by atoms with Gasteiger partial charge in [0.2, 0.25) is 0 Å². The van der Waals surface area contributed by atoms with E-state index < -0.39 is 27.5 Å². The second kappa shape index (κ2) is 5.68. The van der Waals surface area contributed by atoms with Crippen molar-refractivity contribution in [2.45, 2.75) is 6.04 Å². The van der Waals surface area contributed by atoms with Crippen molar-refractivity contribution in [1.29, 1.82) is 0 Å². The van der Waals surface area contributed by atoms with E-state index in [9.17, 15) is 23.4 Å². The summed E-state index contributed by atoms with van der Waals surface area (Å²) in [6, 6.07) is 13.4. The third-order valence-corrected chi connectivity index (χ3v) is 5.02. The van der Waals surface area contributed by atoms with Crippen molar-refractivity contribution in [3.8, 4) is 5.75 Å². The number of hydrogen-bond acceptors (Lipinski definition) is 5. The third kappa shape index (κ3) is 2.63. The van der Waals surface area contributed by atoms with Crippen molar-refractivity contribution in [2.75, 3.05) is 11.2 Å². The van der Waals surface area contributed by atoms with Crippen LogP contribution < -0.4 is 4.90 Å². The van der Waals surface area contributed by atoms with E-state index in [1.807, 2.05) is 0 Å². The number of phenolic OH excluding ortho intramolecular Hbond substituents is 1. The number of carbonyl (C=O) groups is 1. The average Bonchev–Trinajstić information content (AvgIpc) is 2.81. The molecule has 1 heterocycles. The second-order valence-electron chi connectivity index (χ2n) is 5.49. The van der Waals surface area contributed by atoms with Gasteiger partial charge in [0.15, 0.2) is 15.6 Å². The van der Waals surface area contributed by atoms with Crippen molar-refractivity contribution in [2.24, 2.45) is 0 Å². The molecule has 24 heavy (non-hydrogen) atoms. The Morgan fingerprint density at radius 2 is 1.54 bits per heavy atom. The number of phenols is 1. The number of carbonyl (C=O) groups excluding carboxylic acids is 1. The summed E-state index contributed by atoms with van der Waals surface area (Å²) in [6.45, 7) is 0. The first-order chi connectivity index (χ1) is 11.3. The largest absolute Gasteiger partial charge is 0.508 e. The molecular weight excluding hydrogens is 330 g/mol. The standard InChI is InChI=1S/C17H15NO5S/c1-24(22,23)16-14(11-5-3-2-4-6-11)18(17(21)15(16)20)12-7-9-13(19)10-8-12/h2-10,14,19-20H,1H3. The van der Waals surface area contributed by atoms with Gasteiger partial charge in [0.1, 0.15) is 16.7 Å². The number of aromatic hydroxyl groups is 1. The van der Waals surface area contributed by atoms with E-state index in [0.29, 0.717) is 11.3 Å². The first kappa shape index (κ1) is 16.1. The van der Waals surface area contributed by atoms with E-state index in [1.54, 1.807) is 30.3 Å².